The van der Waals surface area contributed by atoms with E-state index < -0.39 is 0 Å². The SMILES string of the molecule is CCCOc1cc(C)c(C)cc1C(=O)CN1CC(C)OC(C)C1. The minimum absolute atomic E-state index is 0.125. The molecule has 0 saturated carbocycles. The monoisotopic (exact) mass is 319 g/mol. The van der Waals surface area contributed by atoms with Gasteiger partial charge in [-0.05, 0) is 57.4 Å². The van der Waals surface area contributed by atoms with Crippen LogP contribution >= 0.6 is 0 Å². The number of carbonyl (C=O) groups is 1. The van der Waals surface area contributed by atoms with Crippen LogP contribution in [0.15, 0.2) is 12.1 Å². The third-order valence-electron chi connectivity index (χ3n) is 4.22. The summed E-state index contributed by atoms with van der Waals surface area (Å²) in [5.74, 6) is 0.842. The standard InChI is InChI=1S/C19H29NO3/c1-6-7-22-19-9-14(3)13(2)8-17(19)18(21)12-20-10-15(4)23-16(5)11-20/h8-9,15-16H,6-7,10-12H2,1-5H3. The summed E-state index contributed by atoms with van der Waals surface area (Å²) in [6, 6.07) is 3.96. The molecule has 0 aliphatic carbocycles. The van der Waals surface area contributed by atoms with Gasteiger partial charge in [-0.1, -0.05) is 6.92 Å². The number of ether oxygens (including phenoxy) is 2. The summed E-state index contributed by atoms with van der Waals surface area (Å²) in [7, 11) is 0. The maximum atomic E-state index is 12.8. The van der Waals surface area contributed by atoms with E-state index in [0.717, 1.165) is 30.6 Å². The van der Waals surface area contributed by atoms with Crippen molar-refractivity contribution >= 4 is 5.78 Å². The van der Waals surface area contributed by atoms with Gasteiger partial charge >= 0.3 is 0 Å². The molecule has 1 heterocycles. The number of carbonyl (C=O) groups excluding carboxylic acids is 1. The number of Topliss-reactive ketones (excluding diaryl/α,β-unsaturated/α-hetero) is 1. The molecule has 4 nitrogen and oxygen atoms in total. The summed E-state index contributed by atoms with van der Waals surface area (Å²) in [6.45, 7) is 12.9. The van der Waals surface area contributed by atoms with Crippen molar-refractivity contribution in [1.29, 1.82) is 0 Å². The number of ketones is 1. The maximum Gasteiger partial charge on any atom is 0.180 e. The Morgan fingerprint density at radius 1 is 1.22 bits per heavy atom. The van der Waals surface area contributed by atoms with Gasteiger partial charge in [0.2, 0.25) is 0 Å². The number of aryl methyl sites for hydroxylation is 2. The Kier molecular flexibility index (Phi) is 6.19. The molecule has 0 amide bonds. The van der Waals surface area contributed by atoms with E-state index in [9.17, 15) is 4.79 Å². The molecule has 2 atom stereocenters. The summed E-state index contributed by atoms with van der Waals surface area (Å²) in [6.07, 6.45) is 1.27. The predicted octanol–water partition coefficient (Wildman–Crippen LogP) is 3.38. The molecule has 0 spiro atoms. The normalized spacial score (nSPS) is 22.1. The molecular formula is C19H29NO3. The summed E-state index contributed by atoms with van der Waals surface area (Å²) < 4.78 is 11.5. The van der Waals surface area contributed by atoms with Crippen LogP contribution in [0.25, 0.3) is 0 Å². The third kappa shape index (κ3) is 4.79. The third-order valence-corrected chi connectivity index (χ3v) is 4.22. The van der Waals surface area contributed by atoms with Gasteiger partial charge in [-0.15, -0.1) is 0 Å². The zero-order valence-corrected chi connectivity index (χ0v) is 15.0. The Balaban J connectivity index is 2.15. The first kappa shape index (κ1) is 18.0. The van der Waals surface area contributed by atoms with E-state index >= 15 is 0 Å². The molecule has 128 valence electrons. The molecule has 1 aromatic rings. The highest BCUT2D eigenvalue weighted by molar-refractivity contribution is 6.00. The lowest BCUT2D eigenvalue weighted by atomic mass is 10.0. The van der Waals surface area contributed by atoms with Gasteiger partial charge in [0, 0.05) is 13.1 Å². The van der Waals surface area contributed by atoms with E-state index in [-0.39, 0.29) is 18.0 Å². The van der Waals surface area contributed by atoms with Crippen molar-refractivity contribution in [2.45, 2.75) is 53.2 Å². The highest BCUT2D eigenvalue weighted by Crippen LogP contribution is 2.25. The molecule has 2 rings (SSSR count). The average molecular weight is 319 g/mol. The van der Waals surface area contributed by atoms with Crippen molar-refractivity contribution in [2.24, 2.45) is 0 Å². The second-order valence-corrected chi connectivity index (χ2v) is 6.66. The average Bonchev–Trinajstić information content (AvgIpc) is 2.46. The van der Waals surface area contributed by atoms with Crippen LogP contribution in [0, 0.1) is 13.8 Å². The van der Waals surface area contributed by atoms with Crippen LogP contribution < -0.4 is 4.74 Å². The zero-order valence-electron chi connectivity index (χ0n) is 15.0. The molecule has 4 heteroatoms. The number of rotatable bonds is 6. The van der Waals surface area contributed by atoms with Crippen LogP contribution in [0.4, 0.5) is 0 Å². The highest BCUT2D eigenvalue weighted by Gasteiger charge is 2.25. The largest absolute Gasteiger partial charge is 0.493 e. The van der Waals surface area contributed by atoms with Crippen molar-refractivity contribution < 1.29 is 14.3 Å². The van der Waals surface area contributed by atoms with Crippen molar-refractivity contribution in [1.82, 2.24) is 4.90 Å². The summed E-state index contributed by atoms with van der Waals surface area (Å²) in [5.41, 5.74) is 2.98. The van der Waals surface area contributed by atoms with Gasteiger partial charge in [0.1, 0.15) is 5.75 Å². The molecule has 1 saturated heterocycles. The fourth-order valence-electron chi connectivity index (χ4n) is 3.04. The van der Waals surface area contributed by atoms with E-state index in [1.807, 2.05) is 26.0 Å². The topological polar surface area (TPSA) is 38.8 Å². The molecule has 1 aliphatic heterocycles. The first-order chi connectivity index (χ1) is 10.9. The van der Waals surface area contributed by atoms with Crippen molar-refractivity contribution in [3.63, 3.8) is 0 Å². The van der Waals surface area contributed by atoms with Gasteiger partial charge in [0.25, 0.3) is 0 Å². The molecule has 0 N–H and O–H groups in total. The smallest absolute Gasteiger partial charge is 0.180 e. The maximum absolute atomic E-state index is 12.8. The lowest BCUT2D eigenvalue weighted by Gasteiger charge is -2.34. The van der Waals surface area contributed by atoms with Crippen molar-refractivity contribution in [3.8, 4) is 5.75 Å². The first-order valence-corrected chi connectivity index (χ1v) is 8.55. The van der Waals surface area contributed by atoms with Gasteiger partial charge in [-0.3, -0.25) is 9.69 Å². The van der Waals surface area contributed by atoms with Crippen LogP contribution in [-0.4, -0.2) is 49.1 Å². The van der Waals surface area contributed by atoms with E-state index in [4.69, 9.17) is 9.47 Å². The first-order valence-electron chi connectivity index (χ1n) is 8.55. The van der Waals surface area contributed by atoms with Crippen LogP contribution in [0.2, 0.25) is 0 Å². The Hall–Kier alpha value is -1.39. The van der Waals surface area contributed by atoms with Gasteiger partial charge in [-0.25, -0.2) is 0 Å². The Morgan fingerprint density at radius 2 is 1.83 bits per heavy atom. The summed E-state index contributed by atoms with van der Waals surface area (Å²) in [4.78, 5) is 15.0. The second-order valence-electron chi connectivity index (χ2n) is 6.66. The zero-order chi connectivity index (χ0) is 17.0. The number of benzene rings is 1. The fraction of sp³-hybridized carbons (Fsp3) is 0.632. The fourth-order valence-corrected chi connectivity index (χ4v) is 3.04. The van der Waals surface area contributed by atoms with Gasteiger partial charge in [0.15, 0.2) is 5.78 Å². The summed E-state index contributed by atoms with van der Waals surface area (Å²) in [5, 5.41) is 0. The number of morpholine rings is 1. The van der Waals surface area contributed by atoms with Gasteiger partial charge in [0.05, 0.1) is 30.9 Å². The Morgan fingerprint density at radius 3 is 2.43 bits per heavy atom. The minimum atomic E-state index is 0.125. The molecule has 1 fully saturated rings. The van der Waals surface area contributed by atoms with Crippen LogP contribution in [0.1, 0.15) is 48.7 Å². The lowest BCUT2D eigenvalue weighted by Crippen LogP contribution is -2.47. The molecule has 0 aromatic heterocycles. The number of hydrogen-bond acceptors (Lipinski definition) is 4. The highest BCUT2D eigenvalue weighted by atomic mass is 16.5. The van der Waals surface area contributed by atoms with E-state index in [1.165, 1.54) is 0 Å². The quantitative estimate of drug-likeness (QED) is 0.754. The van der Waals surface area contributed by atoms with E-state index in [1.54, 1.807) is 0 Å². The van der Waals surface area contributed by atoms with Crippen LogP contribution in [0.5, 0.6) is 5.75 Å². The number of hydrogen-bond donors (Lipinski definition) is 0. The molecule has 1 aliphatic rings. The molecule has 1 aromatic carbocycles. The van der Waals surface area contributed by atoms with Crippen LogP contribution in [0.3, 0.4) is 0 Å². The Labute approximate surface area is 139 Å². The van der Waals surface area contributed by atoms with E-state index in [0.29, 0.717) is 24.5 Å². The molecule has 0 bridgehead atoms. The van der Waals surface area contributed by atoms with E-state index in [2.05, 4.69) is 25.7 Å². The van der Waals surface area contributed by atoms with Gasteiger partial charge in [-0.2, -0.15) is 0 Å². The second kappa shape index (κ2) is 7.93. The lowest BCUT2D eigenvalue weighted by molar-refractivity contribution is -0.0652. The minimum Gasteiger partial charge on any atom is -0.493 e. The molecule has 2 unspecified atom stereocenters. The van der Waals surface area contributed by atoms with Gasteiger partial charge < -0.3 is 9.47 Å². The summed E-state index contributed by atoms with van der Waals surface area (Å²) >= 11 is 0. The predicted molar refractivity (Wildman–Crippen MR) is 92.5 cm³/mol. The molecular weight excluding hydrogens is 290 g/mol. The van der Waals surface area contributed by atoms with Crippen molar-refractivity contribution in [2.75, 3.05) is 26.2 Å². The van der Waals surface area contributed by atoms with Crippen molar-refractivity contribution in [3.05, 3.63) is 28.8 Å². The van der Waals surface area contributed by atoms with Crippen LogP contribution in [-0.2, 0) is 4.74 Å². The number of nitrogens with zero attached hydrogens (tertiary/aromatic N) is 1. The molecule has 23 heavy (non-hydrogen) atoms. The Bertz CT molecular complexity index is 546. The molecule has 0 radical (unpaired) electrons.